The molecule has 0 saturated carbocycles. The Morgan fingerprint density at radius 1 is 1.06 bits per heavy atom. The summed E-state index contributed by atoms with van der Waals surface area (Å²) in [6, 6.07) is 13.4. The van der Waals surface area contributed by atoms with Gasteiger partial charge in [-0.2, -0.15) is 0 Å². The molecule has 0 spiro atoms. The SMILES string of the molecule is COc1cc(Nc2ccc(C)cc2)ccc1[N+]#N. The zero-order chi connectivity index (χ0) is 13.0. The van der Waals surface area contributed by atoms with E-state index in [4.69, 9.17) is 10.1 Å². The molecule has 4 heteroatoms. The molecule has 1 N–H and O–H groups in total. The first-order chi connectivity index (χ1) is 8.72. The lowest BCUT2D eigenvalue weighted by atomic mass is 10.2. The van der Waals surface area contributed by atoms with Crippen LogP contribution in [0, 0.1) is 12.3 Å². The Kier molecular flexibility index (Phi) is 3.44. The Morgan fingerprint density at radius 2 is 1.72 bits per heavy atom. The van der Waals surface area contributed by atoms with E-state index in [1.807, 2.05) is 37.3 Å². The molecule has 2 aromatic carbocycles. The van der Waals surface area contributed by atoms with Crippen LogP contribution in [0.3, 0.4) is 0 Å². The van der Waals surface area contributed by atoms with Crippen LogP contribution < -0.4 is 10.1 Å². The fourth-order valence-corrected chi connectivity index (χ4v) is 1.64. The van der Waals surface area contributed by atoms with Crippen molar-refractivity contribution in [1.29, 1.82) is 5.39 Å². The third kappa shape index (κ3) is 2.58. The van der Waals surface area contributed by atoms with Crippen molar-refractivity contribution >= 4 is 17.1 Å². The lowest BCUT2D eigenvalue weighted by molar-refractivity contribution is 0.417. The summed E-state index contributed by atoms with van der Waals surface area (Å²) in [4.78, 5) is 3.15. The summed E-state index contributed by atoms with van der Waals surface area (Å²) in [6.45, 7) is 2.05. The summed E-state index contributed by atoms with van der Waals surface area (Å²) < 4.78 is 5.14. The quantitative estimate of drug-likeness (QED) is 0.816. The number of benzene rings is 2. The molecule has 2 rings (SSSR count). The van der Waals surface area contributed by atoms with Gasteiger partial charge in [0, 0.05) is 23.5 Å². The standard InChI is InChI=1S/C14H14N3O/c1-10-3-5-11(6-4-10)16-12-7-8-13(17-15)14(9-12)18-2/h3-9,16H,1-2H3/q+1. The minimum absolute atomic E-state index is 0.409. The molecule has 0 bridgehead atoms. The molecule has 18 heavy (non-hydrogen) atoms. The highest BCUT2D eigenvalue weighted by Gasteiger charge is 2.14. The Labute approximate surface area is 106 Å². The van der Waals surface area contributed by atoms with Crippen LogP contribution in [-0.2, 0) is 0 Å². The van der Waals surface area contributed by atoms with Crippen molar-refractivity contribution in [2.45, 2.75) is 6.92 Å². The van der Waals surface area contributed by atoms with Gasteiger partial charge < -0.3 is 10.1 Å². The molecular formula is C14H14N3O+. The number of methoxy groups -OCH3 is 1. The average Bonchev–Trinajstić information content (AvgIpc) is 2.41. The lowest BCUT2D eigenvalue weighted by Crippen LogP contribution is -1.91. The van der Waals surface area contributed by atoms with Crippen LogP contribution in [0.15, 0.2) is 42.5 Å². The van der Waals surface area contributed by atoms with Gasteiger partial charge in [-0.15, -0.1) is 0 Å². The van der Waals surface area contributed by atoms with Crippen molar-refractivity contribution in [3.8, 4) is 5.75 Å². The summed E-state index contributed by atoms with van der Waals surface area (Å²) in [6.07, 6.45) is 0. The molecule has 0 aromatic heterocycles. The highest BCUT2D eigenvalue weighted by atomic mass is 16.5. The van der Waals surface area contributed by atoms with E-state index >= 15 is 0 Å². The Hall–Kier alpha value is -2.54. The topological polar surface area (TPSA) is 49.4 Å². The number of diazo groups is 1. The van der Waals surface area contributed by atoms with E-state index in [0.717, 1.165) is 11.4 Å². The Bertz CT molecular complexity index is 585. The molecular weight excluding hydrogens is 226 g/mol. The zero-order valence-electron chi connectivity index (χ0n) is 10.3. The number of aryl methyl sites for hydroxylation is 1. The van der Waals surface area contributed by atoms with Gasteiger partial charge in [-0.25, -0.2) is 0 Å². The average molecular weight is 240 g/mol. The molecule has 0 aliphatic heterocycles. The molecule has 0 amide bonds. The minimum atomic E-state index is 0.409. The van der Waals surface area contributed by atoms with Crippen LogP contribution in [-0.4, -0.2) is 7.11 Å². The number of ether oxygens (including phenoxy) is 1. The van der Waals surface area contributed by atoms with E-state index in [0.29, 0.717) is 11.4 Å². The fourth-order valence-electron chi connectivity index (χ4n) is 1.64. The van der Waals surface area contributed by atoms with Gasteiger partial charge in [0.05, 0.1) is 7.11 Å². The first-order valence-corrected chi connectivity index (χ1v) is 5.60. The molecule has 0 saturated heterocycles. The van der Waals surface area contributed by atoms with Gasteiger partial charge in [0.2, 0.25) is 11.1 Å². The van der Waals surface area contributed by atoms with Crippen LogP contribution in [0.25, 0.3) is 4.98 Å². The predicted octanol–water partition coefficient (Wildman–Crippen LogP) is 4.23. The van der Waals surface area contributed by atoms with Crippen LogP contribution >= 0.6 is 0 Å². The molecule has 0 aliphatic rings. The molecule has 0 radical (unpaired) electrons. The van der Waals surface area contributed by atoms with Gasteiger partial charge in [-0.3, -0.25) is 0 Å². The molecule has 4 nitrogen and oxygen atoms in total. The molecule has 0 heterocycles. The number of anilines is 2. The number of rotatable bonds is 3. The molecule has 2 aromatic rings. The summed E-state index contributed by atoms with van der Waals surface area (Å²) in [5, 5.41) is 12.0. The van der Waals surface area contributed by atoms with Crippen LogP contribution in [0.5, 0.6) is 5.75 Å². The van der Waals surface area contributed by atoms with E-state index in [1.165, 1.54) is 5.56 Å². The second kappa shape index (κ2) is 5.19. The van der Waals surface area contributed by atoms with Crippen molar-refractivity contribution in [3.63, 3.8) is 0 Å². The predicted molar refractivity (Wildman–Crippen MR) is 72.2 cm³/mol. The van der Waals surface area contributed by atoms with E-state index in [9.17, 15) is 0 Å². The third-order valence-corrected chi connectivity index (χ3v) is 2.63. The molecule has 0 unspecified atom stereocenters. The van der Waals surface area contributed by atoms with E-state index < -0.39 is 0 Å². The highest BCUT2D eigenvalue weighted by molar-refractivity contribution is 5.68. The van der Waals surface area contributed by atoms with Gasteiger partial charge in [0.15, 0.2) is 4.98 Å². The summed E-state index contributed by atoms with van der Waals surface area (Å²) in [5.41, 5.74) is 3.50. The van der Waals surface area contributed by atoms with E-state index in [1.54, 1.807) is 19.2 Å². The third-order valence-electron chi connectivity index (χ3n) is 2.63. The van der Waals surface area contributed by atoms with Gasteiger partial charge in [-0.05, 0) is 25.1 Å². The molecule has 0 fully saturated rings. The van der Waals surface area contributed by atoms with E-state index in [2.05, 4.69) is 10.3 Å². The Balaban J connectivity index is 2.25. The lowest BCUT2D eigenvalue weighted by Gasteiger charge is -2.07. The van der Waals surface area contributed by atoms with Crippen LogP contribution in [0.4, 0.5) is 17.1 Å². The van der Waals surface area contributed by atoms with Crippen molar-refractivity contribution in [2.75, 3.05) is 12.4 Å². The van der Waals surface area contributed by atoms with Crippen molar-refractivity contribution in [1.82, 2.24) is 0 Å². The number of nitrogens with zero attached hydrogens (tertiary/aromatic N) is 2. The van der Waals surface area contributed by atoms with Crippen LogP contribution in [0.1, 0.15) is 5.56 Å². The summed E-state index contributed by atoms with van der Waals surface area (Å²) in [5.74, 6) is 0.523. The second-order valence-electron chi connectivity index (χ2n) is 3.98. The highest BCUT2D eigenvalue weighted by Crippen LogP contribution is 2.31. The minimum Gasteiger partial charge on any atom is -0.489 e. The number of nitrogens with one attached hydrogen (secondary N) is 1. The summed E-state index contributed by atoms with van der Waals surface area (Å²) in [7, 11) is 1.54. The van der Waals surface area contributed by atoms with Gasteiger partial charge in [0.25, 0.3) is 0 Å². The van der Waals surface area contributed by atoms with Gasteiger partial charge >= 0.3 is 5.69 Å². The van der Waals surface area contributed by atoms with Gasteiger partial charge in [0.1, 0.15) is 0 Å². The van der Waals surface area contributed by atoms with Crippen molar-refractivity contribution < 1.29 is 4.74 Å². The number of hydrogen-bond acceptors (Lipinski definition) is 3. The first kappa shape index (κ1) is 11.9. The van der Waals surface area contributed by atoms with Crippen molar-refractivity contribution in [3.05, 3.63) is 53.0 Å². The smallest absolute Gasteiger partial charge is 0.426 e. The molecule has 0 atom stereocenters. The van der Waals surface area contributed by atoms with Crippen molar-refractivity contribution in [2.24, 2.45) is 0 Å². The monoisotopic (exact) mass is 240 g/mol. The maximum atomic E-state index is 8.79. The fraction of sp³-hybridized carbons (Fsp3) is 0.143. The zero-order valence-corrected chi connectivity index (χ0v) is 10.3. The summed E-state index contributed by atoms with van der Waals surface area (Å²) >= 11 is 0. The maximum Gasteiger partial charge on any atom is 0.426 e. The first-order valence-electron chi connectivity index (χ1n) is 5.60. The molecule has 0 aliphatic carbocycles. The largest absolute Gasteiger partial charge is 0.489 e. The Morgan fingerprint density at radius 3 is 2.33 bits per heavy atom. The van der Waals surface area contributed by atoms with Crippen LogP contribution in [0.2, 0.25) is 0 Å². The van der Waals surface area contributed by atoms with E-state index in [-0.39, 0.29) is 0 Å². The normalized spacial score (nSPS) is 9.61. The maximum absolute atomic E-state index is 8.79. The molecule has 90 valence electrons. The second-order valence-corrected chi connectivity index (χ2v) is 3.98. The van der Waals surface area contributed by atoms with Gasteiger partial charge in [-0.1, -0.05) is 17.7 Å². The number of hydrogen-bond donors (Lipinski definition) is 1.